The number of likely N-dealkylation sites (N-methyl/N-ethyl adjacent to an activating group) is 1. The lowest BCUT2D eigenvalue weighted by atomic mass is 10.1. The lowest BCUT2D eigenvalue weighted by molar-refractivity contribution is -0.139. The average molecular weight is 288 g/mol. The quantitative estimate of drug-likeness (QED) is 0.721. The molecule has 1 aliphatic heterocycles. The predicted molar refractivity (Wildman–Crippen MR) is 78.3 cm³/mol. The van der Waals surface area contributed by atoms with Crippen LogP contribution in [-0.2, 0) is 9.59 Å². The molecular weight excluding hydrogens is 266 g/mol. The Kier molecular flexibility index (Phi) is 8.11. The minimum atomic E-state index is -0.409. The molecule has 0 aromatic heterocycles. The van der Waals surface area contributed by atoms with E-state index in [0.29, 0.717) is 19.6 Å². The van der Waals surface area contributed by atoms with Gasteiger partial charge in [-0.15, -0.1) is 25.6 Å². The van der Waals surface area contributed by atoms with E-state index in [0.717, 1.165) is 6.54 Å². The molecule has 1 N–H and O–H groups in total. The Labute approximate surface area is 120 Å². The van der Waals surface area contributed by atoms with E-state index in [2.05, 4.69) is 18.5 Å². The van der Waals surface area contributed by atoms with Gasteiger partial charge in [-0.05, 0) is 0 Å². The highest BCUT2D eigenvalue weighted by molar-refractivity contribution is 5.88. The van der Waals surface area contributed by atoms with Crippen molar-refractivity contribution >= 4 is 24.2 Å². The lowest BCUT2D eigenvalue weighted by Gasteiger charge is -2.31. The van der Waals surface area contributed by atoms with Gasteiger partial charge < -0.3 is 15.1 Å². The van der Waals surface area contributed by atoms with Crippen LogP contribution in [0.5, 0.6) is 0 Å². The van der Waals surface area contributed by atoms with Crippen LogP contribution < -0.4 is 5.32 Å². The van der Waals surface area contributed by atoms with Gasteiger partial charge in [0.05, 0.1) is 12.5 Å². The van der Waals surface area contributed by atoms with Gasteiger partial charge in [-0.1, -0.05) is 12.2 Å². The molecule has 1 saturated heterocycles. The van der Waals surface area contributed by atoms with E-state index in [9.17, 15) is 9.59 Å². The summed E-state index contributed by atoms with van der Waals surface area (Å²) in [6, 6.07) is -0.409. The number of nitrogens with zero attached hydrogens (tertiary/aromatic N) is 2. The lowest BCUT2D eigenvalue weighted by Crippen LogP contribution is -2.55. The number of hydrogen-bond donors (Lipinski definition) is 1. The van der Waals surface area contributed by atoms with Crippen LogP contribution in [0.2, 0.25) is 0 Å². The molecule has 0 aromatic rings. The van der Waals surface area contributed by atoms with E-state index in [-0.39, 0.29) is 30.6 Å². The Morgan fingerprint density at radius 2 is 2.05 bits per heavy atom. The molecule has 0 bridgehead atoms. The van der Waals surface area contributed by atoms with E-state index in [1.165, 1.54) is 0 Å². The molecule has 0 aromatic carbocycles. The fraction of sp³-hybridized carbons (Fsp3) is 0.538. The summed E-state index contributed by atoms with van der Waals surface area (Å²) in [7, 11) is 1.76. The minimum Gasteiger partial charge on any atom is -0.343 e. The van der Waals surface area contributed by atoms with Crippen molar-refractivity contribution in [3.63, 3.8) is 0 Å². The SMILES string of the molecule is C=CCN(CC=C)C(=O)CC1NCCN(C)C1=O.Cl. The van der Waals surface area contributed by atoms with Gasteiger partial charge in [0.25, 0.3) is 0 Å². The van der Waals surface area contributed by atoms with Crippen molar-refractivity contribution in [2.75, 3.05) is 33.2 Å². The van der Waals surface area contributed by atoms with Crippen molar-refractivity contribution < 1.29 is 9.59 Å². The monoisotopic (exact) mass is 287 g/mol. The Bertz CT molecular complexity index is 337. The van der Waals surface area contributed by atoms with Gasteiger partial charge in [0.2, 0.25) is 11.8 Å². The van der Waals surface area contributed by atoms with E-state index in [4.69, 9.17) is 0 Å². The molecule has 0 spiro atoms. The molecule has 5 nitrogen and oxygen atoms in total. The fourth-order valence-corrected chi connectivity index (χ4v) is 1.92. The van der Waals surface area contributed by atoms with Crippen LogP contribution in [0.4, 0.5) is 0 Å². The number of carbonyl (C=O) groups is 2. The molecule has 19 heavy (non-hydrogen) atoms. The van der Waals surface area contributed by atoms with Crippen molar-refractivity contribution in [1.82, 2.24) is 15.1 Å². The van der Waals surface area contributed by atoms with Crippen LogP contribution in [0.15, 0.2) is 25.3 Å². The Morgan fingerprint density at radius 1 is 1.47 bits per heavy atom. The number of amides is 2. The van der Waals surface area contributed by atoms with Crippen LogP contribution in [0, 0.1) is 0 Å². The fourth-order valence-electron chi connectivity index (χ4n) is 1.92. The van der Waals surface area contributed by atoms with Crippen molar-refractivity contribution in [2.45, 2.75) is 12.5 Å². The molecule has 0 radical (unpaired) electrons. The zero-order valence-corrected chi connectivity index (χ0v) is 12.1. The van der Waals surface area contributed by atoms with Crippen molar-refractivity contribution in [3.8, 4) is 0 Å². The van der Waals surface area contributed by atoms with Crippen LogP contribution in [0.3, 0.4) is 0 Å². The zero-order chi connectivity index (χ0) is 13.5. The van der Waals surface area contributed by atoms with Crippen LogP contribution in [0.1, 0.15) is 6.42 Å². The van der Waals surface area contributed by atoms with E-state index in [1.54, 1.807) is 29.0 Å². The van der Waals surface area contributed by atoms with E-state index < -0.39 is 6.04 Å². The zero-order valence-electron chi connectivity index (χ0n) is 11.3. The molecule has 2 amide bonds. The van der Waals surface area contributed by atoms with Gasteiger partial charge in [-0.2, -0.15) is 0 Å². The molecule has 6 heteroatoms. The first kappa shape index (κ1) is 17.7. The number of rotatable bonds is 6. The Morgan fingerprint density at radius 3 is 2.58 bits per heavy atom. The molecule has 0 aliphatic carbocycles. The summed E-state index contributed by atoms with van der Waals surface area (Å²) in [4.78, 5) is 27.2. The third kappa shape index (κ3) is 5.04. The molecule has 1 rings (SSSR count). The van der Waals surface area contributed by atoms with Gasteiger partial charge in [-0.25, -0.2) is 0 Å². The summed E-state index contributed by atoms with van der Waals surface area (Å²) in [5.41, 5.74) is 0. The maximum absolute atomic E-state index is 12.1. The topological polar surface area (TPSA) is 52.7 Å². The first-order valence-electron chi connectivity index (χ1n) is 6.08. The predicted octanol–water partition coefficient (Wildman–Crippen LogP) is 0.429. The summed E-state index contributed by atoms with van der Waals surface area (Å²) in [5.74, 6) is -0.0808. The maximum Gasteiger partial charge on any atom is 0.240 e. The van der Waals surface area contributed by atoms with Crippen molar-refractivity contribution in [2.24, 2.45) is 0 Å². The van der Waals surface area contributed by atoms with Gasteiger partial charge in [-0.3, -0.25) is 9.59 Å². The smallest absolute Gasteiger partial charge is 0.240 e. The Balaban J connectivity index is 0.00000324. The van der Waals surface area contributed by atoms with Crippen molar-refractivity contribution in [3.05, 3.63) is 25.3 Å². The number of halogens is 1. The third-order valence-corrected chi connectivity index (χ3v) is 2.94. The third-order valence-electron chi connectivity index (χ3n) is 2.94. The van der Waals surface area contributed by atoms with Gasteiger partial charge >= 0.3 is 0 Å². The number of nitrogens with one attached hydrogen (secondary N) is 1. The summed E-state index contributed by atoms with van der Waals surface area (Å²) in [6.07, 6.45) is 3.53. The summed E-state index contributed by atoms with van der Waals surface area (Å²) in [5, 5.41) is 3.08. The van der Waals surface area contributed by atoms with Crippen molar-refractivity contribution in [1.29, 1.82) is 0 Å². The standard InChI is InChI=1S/C13H21N3O2.ClH/c1-4-7-16(8-5-2)12(17)10-11-13(18)15(3)9-6-14-11;/h4-5,11,14H,1-2,6-10H2,3H3;1H. The molecule has 1 aliphatic rings. The second-order valence-corrected chi connectivity index (χ2v) is 4.35. The van der Waals surface area contributed by atoms with Gasteiger partial charge in [0, 0.05) is 33.2 Å². The molecule has 108 valence electrons. The van der Waals surface area contributed by atoms with Crippen LogP contribution in [-0.4, -0.2) is 60.9 Å². The second-order valence-electron chi connectivity index (χ2n) is 4.35. The normalized spacial score (nSPS) is 18.5. The largest absolute Gasteiger partial charge is 0.343 e. The summed E-state index contributed by atoms with van der Waals surface area (Å²) in [6.45, 7) is 9.60. The molecule has 1 unspecified atom stereocenters. The second kappa shape index (κ2) is 8.72. The first-order valence-corrected chi connectivity index (χ1v) is 6.08. The van der Waals surface area contributed by atoms with Crippen LogP contribution >= 0.6 is 12.4 Å². The molecule has 0 saturated carbocycles. The number of carbonyl (C=O) groups excluding carboxylic acids is 2. The summed E-state index contributed by atoms with van der Waals surface area (Å²) < 4.78 is 0. The van der Waals surface area contributed by atoms with Crippen LogP contribution in [0.25, 0.3) is 0 Å². The average Bonchev–Trinajstić information content (AvgIpc) is 2.34. The number of piperazine rings is 1. The highest BCUT2D eigenvalue weighted by Gasteiger charge is 2.29. The molecular formula is C13H22ClN3O2. The van der Waals surface area contributed by atoms with E-state index in [1.807, 2.05) is 0 Å². The summed E-state index contributed by atoms with van der Waals surface area (Å²) >= 11 is 0. The van der Waals surface area contributed by atoms with Gasteiger partial charge in [0.15, 0.2) is 0 Å². The Hall–Kier alpha value is -1.33. The minimum absolute atomic E-state index is 0. The molecule has 1 atom stereocenters. The molecule has 1 fully saturated rings. The van der Waals surface area contributed by atoms with Gasteiger partial charge in [0.1, 0.15) is 0 Å². The number of hydrogen-bond acceptors (Lipinski definition) is 3. The maximum atomic E-state index is 12.1. The molecule has 1 heterocycles. The highest BCUT2D eigenvalue weighted by Crippen LogP contribution is 2.06. The van der Waals surface area contributed by atoms with E-state index >= 15 is 0 Å². The first-order chi connectivity index (χ1) is 8.60. The highest BCUT2D eigenvalue weighted by atomic mass is 35.5.